The summed E-state index contributed by atoms with van der Waals surface area (Å²) in [7, 11) is 0. The van der Waals surface area contributed by atoms with Crippen LogP contribution in [0.4, 0.5) is 0 Å². The first-order chi connectivity index (χ1) is 12.3. The van der Waals surface area contributed by atoms with Crippen LogP contribution in [-0.2, 0) is 16.8 Å². The lowest BCUT2D eigenvalue weighted by Gasteiger charge is -2.41. The van der Waals surface area contributed by atoms with Gasteiger partial charge in [0.25, 0.3) is 5.91 Å². The summed E-state index contributed by atoms with van der Waals surface area (Å²) in [6.45, 7) is 1.85. The molecule has 1 fully saturated rings. The Labute approximate surface area is 146 Å². The highest BCUT2D eigenvalue weighted by molar-refractivity contribution is 6.06. The minimum Gasteiger partial charge on any atom is -0.367 e. The Kier molecular flexibility index (Phi) is 3.22. The van der Waals surface area contributed by atoms with Crippen LogP contribution in [0.25, 0.3) is 10.9 Å². The molecule has 1 spiro atoms. The predicted molar refractivity (Wildman–Crippen MR) is 96.6 cm³/mol. The number of benzene rings is 2. The van der Waals surface area contributed by atoms with Crippen molar-refractivity contribution in [2.24, 2.45) is 0 Å². The van der Waals surface area contributed by atoms with E-state index in [1.165, 1.54) is 11.1 Å². The molecule has 3 aromatic rings. The van der Waals surface area contributed by atoms with Gasteiger partial charge in [-0.05, 0) is 30.0 Å². The zero-order chi connectivity index (χ0) is 16.9. The maximum absolute atomic E-state index is 13.2. The number of nitrogens with one attached hydrogen (secondary N) is 1. The van der Waals surface area contributed by atoms with Crippen molar-refractivity contribution in [3.8, 4) is 0 Å². The number of aromatic nitrogens is 1. The summed E-state index contributed by atoms with van der Waals surface area (Å²) in [5.74, 6) is 0.0875. The molecule has 4 nitrogen and oxygen atoms in total. The Morgan fingerprint density at radius 3 is 2.92 bits per heavy atom. The second-order valence-electron chi connectivity index (χ2n) is 6.97. The fourth-order valence-electron chi connectivity index (χ4n) is 4.34. The number of aromatic amines is 1. The summed E-state index contributed by atoms with van der Waals surface area (Å²) in [4.78, 5) is 18.3. The molecule has 0 bridgehead atoms. The second-order valence-corrected chi connectivity index (χ2v) is 6.97. The van der Waals surface area contributed by atoms with Crippen molar-refractivity contribution in [2.75, 3.05) is 19.7 Å². The Balaban J connectivity index is 1.48. The van der Waals surface area contributed by atoms with E-state index in [9.17, 15) is 4.79 Å². The first-order valence-electron chi connectivity index (χ1n) is 8.85. The molecular weight excluding hydrogens is 312 g/mol. The van der Waals surface area contributed by atoms with E-state index >= 15 is 0 Å². The zero-order valence-corrected chi connectivity index (χ0v) is 14.0. The second kappa shape index (κ2) is 5.46. The van der Waals surface area contributed by atoms with Gasteiger partial charge in [0, 0.05) is 23.6 Å². The van der Waals surface area contributed by atoms with E-state index in [2.05, 4.69) is 29.2 Å². The molecule has 0 saturated carbocycles. The van der Waals surface area contributed by atoms with Crippen LogP contribution < -0.4 is 0 Å². The number of hydrogen-bond donors (Lipinski definition) is 1. The maximum atomic E-state index is 13.2. The summed E-state index contributed by atoms with van der Waals surface area (Å²) in [6, 6.07) is 16.4. The smallest absolute Gasteiger partial charge is 0.256 e. The highest BCUT2D eigenvalue weighted by Gasteiger charge is 2.44. The standard InChI is InChI=1S/C21H20N2O2/c24-20(17-13-22-19-8-4-2-6-16(17)19)23-11-12-25-21(14-23)10-9-15-5-1-3-7-18(15)21/h1-8,13,22H,9-12,14H2. The normalized spacial score (nSPS) is 22.5. The van der Waals surface area contributed by atoms with Gasteiger partial charge in [-0.3, -0.25) is 4.79 Å². The van der Waals surface area contributed by atoms with Crippen LogP contribution >= 0.6 is 0 Å². The van der Waals surface area contributed by atoms with Crippen LogP contribution in [-0.4, -0.2) is 35.5 Å². The number of carbonyl (C=O) groups excluding carboxylic acids is 1. The van der Waals surface area contributed by atoms with Gasteiger partial charge in [-0.1, -0.05) is 42.5 Å². The number of hydrogen-bond acceptors (Lipinski definition) is 2. The lowest BCUT2D eigenvalue weighted by atomic mass is 9.93. The lowest BCUT2D eigenvalue weighted by Crippen LogP contribution is -2.51. The molecule has 2 heterocycles. The lowest BCUT2D eigenvalue weighted by molar-refractivity contribution is -0.103. The molecule has 1 aliphatic heterocycles. The third-order valence-corrected chi connectivity index (χ3v) is 5.60. The van der Waals surface area contributed by atoms with Gasteiger partial charge in [-0.25, -0.2) is 0 Å². The maximum Gasteiger partial charge on any atom is 0.256 e. The molecule has 0 radical (unpaired) electrons. The molecule has 4 heteroatoms. The topological polar surface area (TPSA) is 45.3 Å². The molecule has 25 heavy (non-hydrogen) atoms. The number of H-pyrrole nitrogens is 1. The number of rotatable bonds is 1. The summed E-state index contributed by atoms with van der Waals surface area (Å²) in [5.41, 5.74) is 4.02. The third kappa shape index (κ3) is 2.21. The fourth-order valence-corrected chi connectivity index (χ4v) is 4.34. The SMILES string of the molecule is O=C(c1c[nH]c2ccccc12)N1CCOC2(CCc3ccccc32)C1. The first-order valence-corrected chi connectivity index (χ1v) is 8.85. The molecule has 1 saturated heterocycles. The largest absolute Gasteiger partial charge is 0.367 e. The summed E-state index contributed by atoms with van der Waals surface area (Å²) in [6.07, 6.45) is 3.80. The van der Waals surface area contributed by atoms with E-state index in [1.54, 1.807) is 0 Å². The van der Waals surface area contributed by atoms with Gasteiger partial charge in [0.2, 0.25) is 0 Å². The number of fused-ring (bicyclic) bond motifs is 3. The van der Waals surface area contributed by atoms with E-state index in [1.807, 2.05) is 35.4 Å². The van der Waals surface area contributed by atoms with Gasteiger partial charge in [-0.2, -0.15) is 0 Å². The Morgan fingerprint density at radius 1 is 1.12 bits per heavy atom. The molecule has 126 valence electrons. The van der Waals surface area contributed by atoms with Gasteiger partial charge < -0.3 is 14.6 Å². The number of ether oxygens (including phenoxy) is 1. The molecular formula is C21H20N2O2. The Morgan fingerprint density at radius 2 is 1.96 bits per heavy atom. The average Bonchev–Trinajstić information content (AvgIpc) is 3.24. The molecule has 1 atom stereocenters. The monoisotopic (exact) mass is 332 g/mol. The van der Waals surface area contributed by atoms with E-state index in [-0.39, 0.29) is 11.5 Å². The Hall–Kier alpha value is -2.59. The minimum absolute atomic E-state index is 0.0875. The molecule has 1 aromatic heterocycles. The molecule has 1 N–H and O–H groups in total. The first kappa shape index (κ1) is 14.7. The van der Waals surface area contributed by atoms with Crippen LogP contribution in [0, 0.1) is 0 Å². The summed E-state index contributed by atoms with van der Waals surface area (Å²) >= 11 is 0. The molecule has 2 aliphatic rings. The highest BCUT2D eigenvalue weighted by Crippen LogP contribution is 2.42. The van der Waals surface area contributed by atoms with Crippen molar-refractivity contribution in [2.45, 2.75) is 18.4 Å². The van der Waals surface area contributed by atoms with Crippen LogP contribution in [0.15, 0.2) is 54.7 Å². The van der Waals surface area contributed by atoms with E-state index in [0.29, 0.717) is 19.7 Å². The van der Waals surface area contributed by atoms with Crippen LogP contribution in [0.1, 0.15) is 27.9 Å². The fraction of sp³-hybridized carbons (Fsp3) is 0.286. The minimum atomic E-state index is -0.337. The number of morpholine rings is 1. The molecule has 5 rings (SSSR count). The average molecular weight is 332 g/mol. The van der Waals surface area contributed by atoms with Crippen LogP contribution in [0.5, 0.6) is 0 Å². The number of para-hydroxylation sites is 1. The molecule has 1 amide bonds. The van der Waals surface area contributed by atoms with E-state index < -0.39 is 0 Å². The van der Waals surface area contributed by atoms with Crippen molar-refractivity contribution in [1.82, 2.24) is 9.88 Å². The van der Waals surface area contributed by atoms with Gasteiger partial charge in [0.1, 0.15) is 5.60 Å². The number of carbonyl (C=O) groups is 1. The van der Waals surface area contributed by atoms with E-state index in [4.69, 9.17) is 4.74 Å². The van der Waals surface area contributed by atoms with Gasteiger partial charge in [-0.15, -0.1) is 0 Å². The van der Waals surface area contributed by atoms with E-state index in [0.717, 1.165) is 29.3 Å². The third-order valence-electron chi connectivity index (χ3n) is 5.60. The van der Waals surface area contributed by atoms with Crippen molar-refractivity contribution in [3.63, 3.8) is 0 Å². The Bertz CT molecular complexity index is 957. The van der Waals surface area contributed by atoms with Crippen molar-refractivity contribution < 1.29 is 9.53 Å². The van der Waals surface area contributed by atoms with Crippen LogP contribution in [0.2, 0.25) is 0 Å². The number of amides is 1. The predicted octanol–water partition coefficient (Wildman–Crippen LogP) is 3.48. The zero-order valence-electron chi connectivity index (χ0n) is 14.0. The van der Waals surface area contributed by atoms with Crippen molar-refractivity contribution in [3.05, 3.63) is 71.4 Å². The summed E-state index contributed by atoms with van der Waals surface area (Å²) in [5, 5.41) is 0.986. The number of nitrogens with zero attached hydrogens (tertiary/aromatic N) is 1. The number of aryl methyl sites for hydroxylation is 1. The quantitative estimate of drug-likeness (QED) is 0.741. The van der Waals surface area contributed by atoms with Crippen molar-refractivity contribution in [1.29, 1.82) is 0 Å². The highest BCUT2D eigenvalue weighted by atomic mass is 16.5. The van der Waals surface area contributed by atoms with Gasteiger partial charge in [0.05, 0.1) is 18.7 Å². The molecule has 2 aromatic carbocycles. The van der Waals surface area contributed by atoms with Gasteiger partial charge in [0.15, 0.2) is 0 Å². The molecule has 1 aliphatic carbocycles. The van der Waals surface area contributed by atoms with Crippen molar-refractivity contribution >= 4 is 16.8 Å². The van der Waals surface area contributed by atoms with Crippen LogP contribution in [0.3, 0.4) is 0 Å². The summed E-state index contributed by atoms with van der Waals surface area (Å²) < 4.78 is 6.24. The molecule has 1 unspecified atom stereocenters. The van der Waals surface area contributed by atoms with Gasteiger partial charge >= 0.3 is 0 Å².